The Balaban J connectivity index is 2.23. The van der Waals surface area contributed by atoms with Crippen molar-refractivity contribution in [2.45, 2.75) is 48.9 Å². The number of fused-ring (bicyclic) bond motifs is 1. The lowest BCUT2D eigenvalue weighted by atomic mass is 10.1. The van der Waals surface area contributed by atoms with Crippen molar-refractivity contribution in [3.63, 3.8) is 0 Å². The van der Waals surface area contributed by atoms with Gasteiger partial charge in [-0.15, -0.1) is 11.8 Å². The molecule has 146 valence electrons. The minimum absolute atomic E-state index is 0.0550. The minimum Gasteiger partial charge on any atom is -0.339 e. The summed E-state index contributed by atoms with van der Waals surface area (Å²) in [4.78, 5) is 3.69. The van der Waals surface area contributed by atoms with Crippen LogP contribution in [0.2, 0.25) is 0 Å². The molecule has 0 saturated heterocycles. The van der Waals surface area contributed by atoms with Crippen LogP contribution in [0.1, 0.15) is 31.7 Å². The molecule has 0 aromatic heterocycles. The van der Waals surface area contributed by atoms with Gasteiger partial charge in [0.25, 0.3) is 0 Å². The molecule has 0 radical (unpaired) electrons. The maximum Gasteiger partial charge on any atom is 0.245 e. The molecule has 1 unspecified atom stereocenters. The summed E-state index contributed by atoms with van der Waals surface area (Å²) in [5.74, 6) is 0. The molecule has 27 heavy (non-hydrogen) atoms. The van der Waals surface area contributed by atoms with Gasteiger partial charge in [0.15, 0.2) is 0 Å². The summed E-state index contributed by atoms with van der Waals surface area (Å²) in [7, 11) is -1.81. The summed E-state index contributed by atoms with van der Waals surface area (Å²) < 4.78 is 28.4. The van der Waals surface area contributed by atoms with Gasteiger partial charge in [-0.1, -0.05) is 38.0 Å². The lowest BCUT2D eigenvalue weighted by Gasteiger charge is -2.29. The maximum atomic E-state index is 13.4. The second-order valence-electron chi connectivity index (χ2n) is 7.05. The van der Waals surface area contributed by atoms with Crippen LogP contribution in [-0.4, -0.2) is 38.6 Å². The molecule has 1 aliphatic heterocycles. The Morgan fingerprint density at radius 1 is 1.19 bits per heavy atom. The van der Waals surface area contributed by atoms with Crippen LogP contribution in [-0.2, 0) is 10.0 Å². The first-order valence-corrected chi connectivity index (χ1v) is 12.1. The van der Waals surface area contributed by atoms with E-state index < -0.39 is 10.0 Å². The van der Waals surface area contributed by atoms with Gasteiger partial charge < -0.3 is 4.90 Å². The first-order valence-electron chi connectivity index (χ1n) is 9.39. The largest absolute Gasteiger partial charge is 0.339 e. The van der Waals surface area contributed by atoms with E-state index in [1.54, 1.807) is 23.1 Å². The van der Waals surface area contributed by atoms with Gasteiger partial charge in [0.2, 0.25) is 10.0 Å². The maximum absolute atomic E-state index is 13.4. The van der Waals surface area contributed by atoms with Crippen molar-refractivity contribution in [3.8, 4) is 0 Å². The van der Waals surface area contributed by atoms with Gasteiger partial charge in [-0.3, -0.25) is 0 Å². The highest BCUT2D eigenvalue weighted by atomic mass is 32.2. The van der Waals surface area contributed by atoms with E-state index in [9.17, 15) is 8.42 Å². The predicted molar refractivity (Wildman–Crippen MR) is 115 cm³/mol. The number of hydrogen-bond donors (Lipinski definition) is 0. The summed E-state index contributed by atoms with van der Waals surface area (Å²) in [6.45, 7) is 4.78. The molecule has 1 aliphatic rings. The number of sulfonamides is 1. The number of anilines is 2. The van der Waals surface area contributed by atoms with Gasteiger partial charge in [-0.2, -0.15) is 4.31 Å². The van der Waals surface area contributed by atoms with Gasteiger partial charge in [0.05, 0.1) is 5.69 Å². The van der Waals surface area contributed by atoms with E-state index in [1.807, 2.05) is 43.5 Å². The van der Waals surface area contributed by atoms with Gasteiger partial charge >= 0.3 is 0 Å². The van der Waals surface area contributed by atoms with Crippen molar-refractivity contribution in [1.82, 2.24) is 4.31 Å². The number of thioether (sulfide) groups is 1. The van der Waals surface area contributed by atoms with Crippen LogP contribution in [0.25, 0.3) is 0 Å². The fraction of sp³-hybridized carbons (Fsp3) is 0.429. The van der Waals surface area contributed by atoms with E-state index in [1.165, 1.54) is 0 Å². The fourth-order valence-corrected chi connectivity index (χ4v) is 5.87. The van der Waals surface area contributed by atoms with Crippen molar-refractivity contribution < 1.29 is 8.42 Å². The van der Waals surface area contributed by atoms with Crippen molar-refractivity contribution >= 4 is 33.2 Å². The number of unbranched alkanes of at least 4 members (excludes halogenated alkanes) is 1. The average molecular weight is 405 g/mol. The molecule has 4 nitrogen and oxygen atoms in total. The number of benzene rings is 2. The van der Waals surface area contributed by atoms with Crippen LogP contribution in [0.15, 0.2) is 52.3 Å². The number of para-hydroxylation sites is 1. The first-order chi connectivity index (χ1) is 12.9. The minimum atomic E-state index is -3.54. The van der Waals surface area contributed by atoms with E-state index in [0.29, 0.717) is 11.4 Å². The van der Waals surface area contributed by atoms with Crippen LogP contribution < -0.4 is 4.90 Å². The number of likely N-dealkylation sites (N-methyl/N-ethyl adjacent to an activating group) is 1. The van der Waals surface area contributed by atoms with Gasteiger partial charge in [0, 0.05) is 30.2 Å². The molecule has 0 saturated carbocycles. The standard InChI is InChI=1S/C21H28N2O2S2/c1-5-6-10-18-15-23(17-11-8-7-9-12-17)19-14-20(26-4)16(2)13-21(19)27(24,25)22(18)3/h7-9,11-14,18H,5-6,10,15H2,1-4H3. The van der Waals surface area contributed by atoms with E-state index in [0.717, 1.165) is 41.1 Å². The zero-order valence-corrected chi connectivity index (χ0v) is 18.1. The number of rotatable bonds is 5. The van der Waals surface area contributed by atoms with Gasteiger partial charge in [-0.25, -0.2) is 8.42 Å². The molecule has 0 bridgehead atoms. The van der Waals surface area contributed by atoms with Gasteiger partial charge in [-0.05, 0) is 49.4 Å². The Kier molecular flexibility index (Phi) is 6.18. The van der Waals surface area contributed by atoms with Gasteiger partial charge in [0.1, 0.15) is 4.90 Å². The van der Waals surface area contributed by atoms with Crippen molar-refractivity contribution in [1.29, 1.82) is 0 Å². The third kappa shape index (κ3) is 3.89. The van der Waals surface area contributed by atoms with E-state index >= 15 is 0 Å². The SMILES string of the molecule is CCCCC1CN(c2ccccc2)c2cc(SC)c(C)cc2S(=O)(=O)N1C. The van der Waals surface area contributed by atoms with E-state index in [-0.39, 0.29) is 6.04 Å². The Morgan fingerprint density at radius 2 is 1.89 bits per heavy atom. The highest BCUT2D eigenvalue weighted by Crippen LogP contribution is 2.40. The number of nitrogens with zero attached hydrogens (tertiary/aromatic N) is 2. The molecule has 3 rings (SSSR count). The molecule has 0 N–H and O–H groups in total. The summed E-state index contributed by atoms with van der Waals surface area (Å²) in [5.41, 5.74) is 2.81. The van der Waals surface area contributed by atoms with Crippen molar-refractivity contribution in [3.05, 3.63) is 48.0 Å². The topological polar surface area (TPSA) is 40.6 Å². The summed E-state index contributed by atoms with van der Waals surface area (Å²) >= 11 is 1.65. The molecular formula is C21H28N2O2S2. The molecule has 0 spiro atoms. The van der Waals surface area contributed by atoms with Crippen molar-refractivity contribution in [2.24, 2.45) is 0 Å². The Bertz CT molecular complexity index is 898. The Morgan fingerprint density at radius 3 is 2.52 bits per heavy atom. The van der Waals surface area contributed by atoms with Crippen LogP contribution in [0.5, 0.6) is 0 Å². The monoisotopic (exact) mass is 404 g/mol. The molecule has 0 fully saturated rings. The third-order valence-electron chi connectivity index (χ3n) is 5.29. The lowest BCUT2D eigenvalue weighted by molar-refractivity contribution is 0.351. The summed E-state index contributed by atoms with van der Waals surface area (Å²) in [5, 5.41) is 0. The number of aryl methyl sites for hydroxylation is 1. The molecule has 2 aromatic rings. The summed E-state index contributed by atoms with van der Waals surface area (Å²) in [6, 6.07) is 13.9. The fourth-order valence-electron chi connectivity index (χ4n) is 3.63. The highest BCUT2D eigenvalue weighted by Gasteiger charge is 2.37. The van der Waals surface area contributed by atoms with Crippen molar-refractivity contribution in [2.75, 3.05) is 24.7 Å². The van der Waals surface area contributed by atoms with Crippen LogP contribution in [0, 0.1) is 6.92 Å². The predicted octanol–water partition coefficient (Wildman–Crippen LogP) is 5.05. The smallest absolute Gasteiger partial charge is 0.245 e. The number of hydrogen-bond acceptors (Lipinski definition) is 4. The lowest BCUT2D eigenvalue weighted by Crippen LogP contribution is -2.40. The quantitative estimate of drug-likeness (QED) is 0.654. The molecule has 1 heterocycles. The second-order valence-corrected chi connectivity index (χ2v) is 9.87. The molecule has 0 aliphatic carbocycles. The zero-order valence-electron chi connectivity index (χ0n) is 16.5. The van der Waals surface area contributed by atoms with Crippen LogP contribution >= 0.6 is 11.8 Å². The van der Waals surface area contributed by atoms with E-state index in [2.05, 4.69) is 24.0 Å². The van der Waals surface area contributed by atoms with E-state index in [4.69, 9.17) is 0 Å². The average Bonchev–Trinajstić information content (AvgIpc) is 2.75. The second kappa shape index (κ2) is 8.25. The molecule has 2 aromatic carbocycles. The molecule has 6 heteroatoms. The first kappa shape index (κ1) is 20.2. The zero-order chi connectivity index (χ0) is 19.6. The summed E-state index contributed by atoms with van der Waals surface area (Å²) in [6.07, 6.45) is 4.96. The Labute approximate surface area is 167 Å². The van der Waals surface area contributed by atoms with Crippen LogP contribution in [0.4, 0.5) is 11.4 Å². The molecular weight excluding hydrogens is 376 g/mol. The highest BCUT2D eigenvalue weighted by molar-refractivity contribution is 7.98. The molecule has 0 amide bonds. The third-order valence-corrected chi connectivity index (χ3v) is 8.11. The molecule has 1 atom stereocenters. The normalized spacial score (nSPS) is 19.6. The Hall–Kier alpha value is -1.50. The van der Waals surface area contributed by atoms with Crippen LogP contribution in [0.3, 0.4) is 0 Å².